The molecule has 6 heteroatoms. The number of hydrogen-bond acceptors (Lipinski definition) is 4. The van der Waals surface area contributed by atoms with E-state index in [2.05, 4.69) is 29.2 Å². The van der Waals surface area contributed by atoms with Gasteiger partial charge in [-0.2, -0.15) is 0 Å². The van der Waals surface area contributed by atoms with Gasteiger partial charge in [-0.05, 0) is 43.6 Å². The van der Waals surface area contributed by atoms with E-state index in [1.54, 1.807) is 0 Å². The molecule has 0 spiro atoms. The Morgan fingerprint density at radius 3 is 2.53 bits per heavy atom. The topological polar surface area (TPSA) is 87.1 Å². The van der Waals surface area contributed by atoms with Crippen LogP contribution in [0.15, 0.2) is 5.11 Å². The number of ether oxygens (including phenoxy) is 1. The molecule has 0 aliphatic heterocycles. The predicted octanol–water partition coefficient (Wildman–Crippen LogP) is 2.79. The molecular formula is C13H24N4O2. The van der Waals surface area contributed by atoms with Crippen LogP contribution in [-0.4, -0.2) is 31.2 Å². The van der Waals surface area contributed by atoms with E-state index in [0.717, 1.165) is 25.7 Å². The Hall–Kier alpha value is -1.26. The minimum atomic E-state index is -0.601. The normalized spacial score (nSPS) is 20.4. The Labute approximate surface area is 114 Å². The lowest BCUT2D eigenvalue weighted by Crippen LogP contribution is -2.56. The summed E-state index contributed by atoms with van der Waals surface area (Å²) in [6.07, 6.45) is 3.52. The summed E-state index contributed by atoms with van der Waals surface area (Å²) >= 11 is 0. The summed E-state index contributed by atoms with van der Waals surface area (Å²) in [7, 11) is 0. The molecule has 1 fully saturated rings. The van der Waals surface area contributed by atoms with Gasteiger partial charge in [-0.15, -0.1) is 0 Å². The molecule has 0 aromatic heterocycles. The largest absolute Gasteiger partial charge is 0.465 e. The van der Waals surface area contributed by atoms with E-state index in [0.29, 0.717) is 19.7 Å². The van der Waals surface area contributed by atoms with E-state index in [-0.39, 0.29) is 11.4 Å². The summed E-state index contributed by atoms with van der Waals surface area (Å²) in [5, 5.41) is 6.74. The first-order valence-electron chi connectivity index (χ1n) is 6.89. The Balaban J connectivity index is 2.68. The highest BCUT2D eigenvalue weighted by Gasteiger charge is 2.44. The van der Waals surface area contributed by atoms with Gasteiger partial charge in [0.05, 0.1) is 6.61 Å². The number of carbonyl (C=O) groups excluding carboxylic acids is 1. The summed E-state index contributed by atoms with van der Waals surface area (Å²) < 4.78 is 5.21. The molecule has 0 aromatic rings. The fourth-order valence-electron chi connectivity index (χ4n) is 2.47. The zero-order chi connectivity index (χ0) is 14.4. The van der Waals surface area contributed by atoms with Crippen molar-refractivity contribution in [2.75, 3.05) is 19.7 Å². The molecule has 1 N–H and O–H groups in total. The number of azide groups is 1. The van der Waals surface area contributed by atoms with Gasteiger partial charge < -0.3 is 10.1 Å². The number of carbonyl (C=O) groups is 1. The highest BCUT2D eigenvalue weighted by molar-refractivity contribution is 5.81. The zero-order valence-corrected chi connectivity index (χ0v) is 12.1. The first kappa shape index (κ1) is 15.8. The van der Waals surface area contributed by atoms with Crippen LogP contribution in [0.2, 0.25) is 0 Å². The quantitative estimate of drug-likeness (QED) is 0.264. The summed E-state index contributed by atoms with van der Waals surface area (Å²) in [4.78, 5) is 14.9. The Morgan fingerprint density at radius 1 is 1.37 bits per heavy atom. The molecule has 0 heterocycles. The SMILES string of the molecule is CCOC(=O)C1(NCCN=[N+]=[N-])CCC(C)(C)CC1. The van der Waals surface area contributed by atoms with Gasteiger partial charge in [0.25, 0.3) is 0 Å². The summed E-state index contributed by atoms with van der Waals surface area (Å²) in [6, 6.07) is 0. The maximum Gasteiger partial charge on any atom is 0.326 e. The molecule has 0 unspecified atom stereocenters. The molecule has 0 aromatic carbocycles. The first-order chi connectivity index (χ1) is 8.96. The van der Waals surface area contributed by atoms with Gasteiger partial charge in [-0.1, -0.05) is 19.0 Å². The summed E-state index contributed by atoms with van der Waals surface area (Å²) in [5.41, 5.74) is 7.95. The number of rotatable bonds is 6. The van der Waals surface area contributed by atoms with Gasteiger partial charge in [-0.25, -0.2) is 0 Å². The van der Waals surface area contributed by atoms with E-state index in [9.17, 15) is 4.79 Å². The van der Waals surface area contributed by atoms with E-state index in [1.165, 1.54) is 0 Å². The molecular weight excluding hydrogens is 244 g/mol. The maximum atomic E-state index is 12.2. The standard InChI is InChI=1S/C13H24N4O2/c1-4-19-11(18)13(15-9-10-16-17-14)7-5-12(2,3)6-8-13/h15H,4-10H2,1-3H3. The summed E-state index contributed by atoms with van der Waals surface area (Å²) in [5.74, 6) is -0.175. The maximum absolute atomic E-state index is 12.2. The fourth-order valence-corrected chi connectivity index (χ4v) is 2.47. The minimum Gasteiger partial charge on any atom is -0.465 e. The van der Waals surface area contributed by atoms with Crippen LogP contribution in [0.25, 0.3) is 10.4 Å². The lowest BCUT2D eigenvalue weighted by molar-refractivity contribution is -0.153. The average molecular weight is 268 g/mol. The molecule has 0 amide bonds. The third kappa shape index (κ3) is 4.40. The van der Waals surface area contributed by atoms with Gasteiger partial charge in [0.15, 0.2) is 0 Å². The molecule has 0 radical (unpaired) electrons. The average Bonchev–Trinajstić information content (AvgIpc) is 2.37. The van der Waals surface area contributed by atoms with Gasteiger partial charge >= 0.3 is 5.97 Å². The van der Waals surface area contributed by atoms with Crippen LogP contribution >= 0.6 is 0 Å². The minimum absolute atomic E-state index is 0.175. The molecule has 0 bridgehead atoms. The third-order valence-electron chi connectivity index (χ3n) is 3.86. The number of nitrogens with zero attached hydrogens (tertiary/aromatic N) is 3. The zero-order valence-electron chi connectivity index (χ0n) is 12.1. The number of hydrogen-bond donors (Lipinski definition) is 1. The highest BCUT2D eigenvalue weighted by Crippen LogP contribution is 2.40. The fraction of sp³-hybridized carbons (Fsp3) is 0.923. The van der Waals surface area contributed by atoms with Crippen molar-refractivity contribution in [1.82, 2.24) is 5.32 Å². The van der Waals surface area contributed by atoms with Gasteiger partial charge in [-0.3, -0.25) is 4.79 Å². The molecule has 1 saturated carbocycles. The van der Waals surface area contributed by atoms with Crippen LogP contribution < -0.4 is 5.32 Å². The molecule has 0 saturated heterocycles. The molecule has 108 valence electrons. The van der Waals surface area contributed by atoms with Crippen LogP contribution in [0.3, 0.4) is 0 Å². The van der Waals surface area contributed by atoms with Crippen molar-refractivity contribution in [1.29, 1.82) is 0 Å². The van der Waals surface area contributed by atoms with Crippen LogP contribution in [0.5, 0.6) is 0 Å². The van der Waals surface area contributed by atoms with E-state index >= 15 is 0 Å². The molecule has 1 aliphatic carbocycles. The smallest absolute Gasteiger partial charge is 0.326 e. The van der Waals surface area contributed by atoms with E-state index < -0.39 is 5.54 Å². The van der Waals surface area contributed by atoms with Crippen molar-refractivity contribution in [2.24, 2.45) is 10.5 Å². The first-order valence-corrected chi connectivity index (χ1v) is 6.89. The van der Waals surface area contributed by atoms with Crippen molar-refractivity contribution in [3.05, 3.63) is 10.4 Å². The summed E-state index contributed by atoms with van der Waals surface area (Å²) in [6.45, 7) is 7.51. The van der Waals surface area contributed by atoms with E-state index in [4.69, 9.17) is 10.3 Å². The van der Waals surface area contributed by atoms with Crippen molar-refractivity contribution in [3.8, 4) is 0 Å². The Kier molecular flexibility index (Phi) is 5.63. The predicted molar refractivity (Wildman–Crippen MR) is 73.6 cm³/mol. The second kappa shape index (κ2) is 6.78. The van der Waals surface area contributed by atoms with Crippen LogP contribution in [0.4, 0.5) is 0 Å². The van der Waals surface area contributed by atoms with Gasteiger partial charge in [0.2, 0.25) is 0 Å². The molecule has 6 nitrogen and oxygen atoms in total. The third-order valence-corrected chi connectivity index (χ3v) is 3.86. The lowest BCUT2D eigenvalue weighted by atomic mass is 9.69. The molecule has 0 atom stereocenters. The number of nitrogens with one attached hydrogen (secondary N) is 1. The van der Waals surface area contributed by atoms with Crippen molar-refractivity contribution in [3.63, 3.8) is 0 Å². The van der Waals surface area contributed by atoms with Crippen LogP contribution in [-0.2, 0) is 9.53 Å². The second-order valence-electron chi connectivity index (χ2n) is 5.85. The van der Waals surface area contributed by atoms with Gasteiger partial charge in [0.1, 0.15) is 5.54 Å². The molecule has 1 aliphatic rings. The van der Waals surface area contributed by atoms with E-state index in [1.807, 2.05) is 6.92 Å². The van der Waals surface area contributed by atoms with Crippen molar-refractivity contribution >= 4 is 5.97 Å². The van der Waals surface area contributed by atoms with Crippen molar-refractivity contribution in [2.45, 2.75) is 52.0 Å². The monoisotopic (exact) mass is 268 g/mol. The van der Waals surface area contributed by atoms with Gasteiger partial charge in [0, 0.05) is 18.0 Å². The molecule has 19 heavy (non-hydrogen) atoms. The van der Waals surface area contributed by atoms with Crippen molar-refractivity contribution < 1.29 is 9.53 Å². The van der Waals surface area contributed by atoms with Crippen LogP contribution in [0, 0.1) is 5.41 Å². The lowest BCUT2D eigenvalue weighted by Gasteiger charge is -2.42. The van der Waals surface area contributed by atoms with Crippen LogP contribution in [0.1, 0.15) is 46.5 Å². The Bertz CT molecular complexity index is 352. The highest BCUT2D eigenvalue weighted by atomic mass is 16.5. The second-order valence-corrected chi connectivity index (χ2v) is 5.85. The molecule has 1 rings (SSSR count). The number of esters is 1. The Morgan fingerprint density at radius 2 is 2.00 bits per heavy atom.